The molecule has 1 N–H and O–H groups in total. The van der Waals surface area contributed by atoms with Gasteiger partial charge < -0.3 is 5.32 Å². The summed E-state index contributed by atoms with van der Waals surface area (Å²) in [5.41, 5.74) is 2.29. The number of sulfonamides is 1. The van der Waals surface area contributed by atoms with Gasteiger partial charge in [-0.2, -0.15) is 0 Å². The Morgan fingerprint density at radius 1 is 1.10 bits per heavy atom. The zero-order valence-electron chi connectivity index (χ0n) is 16.4. The molecule has 0 radical (unpaired) electrons. The number of hydrogen-bond donors (Lipinski definition) is 1. The Morgan fingerprint density at radius 2 is 1.76 bits per heavy atom. The average Bonchev–Trinajstić information content (AvgIpc) is 3.21. The lowest BCUT2D eigenvalue weighted by Crippen LogP contribution is -2.23. The zero-order valence-corrected chi connectivity index (χ0v) is 18.0. The standard InChI is InChI=1S/C20H22N4O3S2/c1-23(2)29(26,27)18-10-4-15(5-11-18)14-22-19(25)16-6-8-17(9-7-16)24-13-12-21-20(24)28-3/h4-13H,14H2,1-3H3,(H,22,25). The van der Waals surface area contributed by atoms with Gasteiger partial charge in [0.2, 0.25) is 10.0 Å². The molecule has 0 aliphatic rings. The third-order valence-electron chi connectivity index (χ3n) is 4.35. The molecule has 0 spiro atoms. The Morgan fingerprint density at radius 3 is 2.34 bits per heavy atom. The highest BCUT2D eigenvalue weighted by Gasteiger charge is 2.16. The van der Waals surface area contributed by atoms with Crippen LogP contribution < -0.4 is 5.32 Å². The normalized spacial score (nSPS) is 11.6. The fraction of sp³-hybridized carbons (Fsp3) is 0.200. The average molecular weight is 431 g/mol. The van der Waals surface area contributed by atoms with Gasteiger partial charge in [-0.15, -0.1) is 0 Å². The number of amides is 1. The molecule has 0 unspecified atom stereocenters. The van der Waals surface area contributed by atoms with Crippen molar-refractivity contribution < 1.29 is 13.2 Å². The molecule has 1 aromatic heterocycles. The second-order valence-electron chi connectivity index (χ2n) is 6.44. The molecular formula is C20H22N4O3S2. The lowest BCUT2D eigenvalue weighted by atomic mass is 10.1. The number of carbonyl (C=O) groups excluding carboxylic acids is 1. The minimum absolute atomic E-state index is 0.197. The number of nitrogens with zero attached hydrogens (tertiary/aromatic N) is 3. The summed E-state index contributed by atoms with van der Waals surface area (Å²) in [6, 6.07) is 13.8. The first kappa shape index (κ1) is 21.1. The van der Waals surface area contributed by atoms with Crippen LogP contribution >= 0.6 is 11.8 Å². The van der Waals surface area contributed by atoms with E-state index in [1.54, 1.807) is 54.4 Å². The number of rotatable bonds is 7. The Bertz CT molecular complexity index is 1090. The van der Waals surface area contributed by atoms with Crippen LogP contribution in [0.3, 0.4) is 0 Å². The van der Waals surface area contributed by atoms with Crippen molar-refractivity contribution in [3.05, 3.63) is 72.1 Å². The quantitative estimate of drug-likeness (QED) is 0.583. The number of aromatic nitrogens is 2. The lowest BCUT2D eigenvalue weighted by Gasteiger charge is -2.12. The molecule has 0 bridgehead atoms. The fourth-order valence-electron chi connectivity index (χ4n) is 2.69. The molecule has 1 heterocycles. The van der Waals surface area contributed by atoms with E-state index in [-0.39, 0.29) is 10.8 Å². The van der Waals surface area contributed by atoms with Crippen molar-refractivity contribution in [3.8, 4) is 5.69 Å². The summed E-state index contributed by atoms with van der Waals surface area (Å²) in [5, 5.41) is 3.73. The molecular weight excluding hydrogens is 408 g/mol. The molecule has 152 valence electrons. The smallest absolute Gasteiger partial charge is 0.251 e. The Kier molecular flexibility index (Phi) is 6.41. The number of hydrogen-bond acceptors (Lipinski definition) is 5. The molecule has 1 amide bonds. The summed E-state index contributed by atoms with van der Waals surface area (Å²) < 4.78 is 27.3. The number of carbonyl (C=O) groups is 1. The minimum Gasteiger partial charge on any atom is -0.348 e. The predicted octanol–water partition coefficient (Wildman–Crippen LogP) is 2.77. The summed E-state index contributed by atoms with van der Waals surface area (Å²) in [4.78, 5) is 16.9. The SMILES string of the molecule is CSc1nccn1-c1ccc(C(=O)NCc2ccc(S(=O)(=O)N(C)C)cc2)cc1. The van der Waals surface area contributed by atoms with Crippen LogP contribution in [0.25, 0.3) is 5.69 Å². The highest BCUT2D eigenvalue weighted by molar-refractivity contribution is 7.98. The second-order valence-corrected chi connectivity index (χ2v) is 9.37. The van der Waals surface area contributed by atoms with Crippen LogP contribution in [-0.2, 0) is 16.6 Å². The van der Waals surface area contributed by atoms with Gasteiger partial charge in [-0.25, -0.2) is 17.7 Å². The highest BCUT2D eigenvalue weighted by atomic mass is 32.2. The van der Waals surface area contributed by atoms with Crippen molar-refractivity contribution in [3.63, 3.8) is 0 Å². The molecule has 0 fully saturated rings. The summed E-state index contributed by atoms with van der Waals surface area (Å²) in [7, 11) is -0.479. The Hall–Kier alpha value is -2.62. The van der Waals surface area contributed by atoms with Crippen LogP contribution in [0.2, 0.25) is 0 Å². The first-order chi connectivity index (χ1) is 13.8. The van der Waals surface area contributed by atoms with Gasteiger partial charge in [0, 0.05) is 44.3 Å². The molecule has 7 nitrogen and oxygen atoms in total. The van der Waals surface area contributed by atoms with Crippen LogP contribution in [0.1, 0.15) is 15.9 Å². The van der Waals surface area contributed by atoms with Gasteiger partial charge in [-0.1, -0.05) is 23.9 Å². The molecule has 0 atom stereocenters. The van der Waals surface area contributed by atoms with Gasteiger partial charge in [0.05, 0.1) is 4.90 Å². The second kappa shape index (κ2) is 8.81. The van der Waals surface area contributed by atoms with E-state index in [2.05, 4.69) is 10.3 Å². The third kappa shape index (κ3) is 4.69. The van der Waals surface area contributed by atoms with Crippen LogP contribution in [0.4, 0.5) is 0 Å². The van der Waals surface area contributed by atoms with Crippen molar-refractivity contribution in [1.82, 2.24) is 19.2 Å². The van der Waals surface area contributed by atoms with Crippen LogP contribution in [-0.4, -0.2) is 48.5 Å². The van der Waals surface area contributed by atoms with Gasteiger partial charge in [-0.3, -0.25) is 9.36 Å². The lowest BCUT2D eigenvalue weighted by molar-refractivity contribution is 0.0951. The van der Waals surface area contributed by atoms with E-state index in [0.717, 1.165) is 16.4 Å². The largest absolute Gasteiger partial charge is 0.348 e. The highest BCUT2D eigenvalue weighted by Crippen LogP contribution is 2.18. The van der Waals surface area contributed by atoms with Crippen LogP contribution in [0.5, 0.6) is 0 Å². The molecule has 0 saturated heterocycles. The van der Waals surface area contributed by atoms with Gasteiger partial charge >= 0.3 is 0 Å². The van der Waals surface area contributed by atoms with E-state index in [1.807, 2.05) is 29.2 Å². The summed E-state index contributed by atoms with van der Waals surface area (Å²) in [6.07, 6.45) is 5.58. The number of thioether (sulfide) groups is 1. The fourth-order valence-corrected chi connectivity index (χ4v) is 4.12. The zero-order chi connectivity index (χ0) is 21.0. The van der Waals surface area contributed by atoms with E-state index in [0.29, 0.717) is 12.1 Å². The molecule has 3 rings (SSSR count). The van der Waals surface area contributed by atoms with Crippen LogP contribution in [0.15, 0.2) is 71.0 Å². The topological polar surface area (TPSA) is 84.3 Å². The maximum Gasteiger partial charge on any atom is 0.251 e. The Balaban J connectivity index is 1.64. The van der Waals surface area contributed by atoms with E-state index >= 15 is 0 Å². The first-order valence-corrected chi connectivity index (χ1v) is 11.5. The van der Waals surface area contributed by atoms with Crippen molar-refractivity contribution in [2.24, 2.45) is 0 Å². The molecule has 9 heteroatoms. The summed E-state index contributed by atoms with van der Waals surface area (Å²) >= 11 is 1.55. The predicted molar refractivity (Wildman–Crippen MR) is 114 cm³/mol. The van der Waals surface area contributed by atoms with Crippen molar-refractivity contribution in [2.45, 2.75) is 16.6 Å². The van der Waals surface area contributed by atoms with Crippen LogP contribution in [0, 0.1) is 0 Å². The molecule has 3 aromatic rings. The maximum absolute atomic E-state index is 12.4. The minimum atomic E-state index is -3.46. The van der Waals surface area contributed by atoms with Gasteiger partial charge in [0.25, 0.3) is 5.91 Å². The van der Waals surface area contributed by atoms with E-state index < -0.39 is 10.0 Å². The van der Waals surface area contributed by atoms with Crippen molar-refractivity contribution >= 4 is 27.7 Å². The van der Waals surface area contributed by atoms with Crippen molar-refractivity contribution in [1.29, 1.82) is 0 Å². The molecule has 0 aliphatic carbocycles. The van der Waals surface area contributed by atoms with E-state index in [1.165, 1.54) is 18.4 Å². The summed E-state index contributed by atoms with van der Waals surface area (Å²) in [6.45, 7) is 0.307. The monoisotopic (exact) mass is 430 g/mol. The Labute approximate surface area is 174 Å². The summed E-state index contributed by atoms with van der Waals surface area (Å²) in [5.74, 6) is -0.197. The maximum atomic E-state index is 12.4. The van der Waals surface area contributed by atoms with Gasteiger partial charge in [-0.05, 0) is 48.2 Å². The molecule has 2 aromatic carbocycles. The van der Waals surface area contributed by atoms with E-state index in [4.69, 9.17) is 0 Å². The van der Waals surface area contributed by atoms with Crippen molar-refractivity contribution in [2.75, 3.05) is 20.4 Å². The van der Waals surface area contributed by atoms with Gasteiger partial charge in [0.15, 0.2) is 5.16 Å². The number of imidazole rings is 1. The molecule has 0 saturated carbocycles. The van der Waals surface area contributed by atoms with E-state index in [9.17, 15) is 13.2 Å². The molecule has 0 aliphatic heterocycles. The first-order valence-electron chi connectivity index (χ1n) is 8.80. The van der Waals surface area contributed by atoms with Gasteiger partial charge in [0.1, 0.15) is 0 Å². The number of benzene rings is 2. The third-order valence-corrected chi connectivity index (χ3v) is 6.85. The molecule has 29 heavy (non-hydrogen) atoms. The number of nitrogens with one attached hydrogen (secondary N) is 1.